The van der Waals surface area contributed by atoms with Crippen LogP contribution in [0.25, 0.3) is 0 Å². The van der Waals surface area contributed by atoms with Crippen molar-refractivity contribution in [1.29, 1.82) is 0 Å². The number of rotatable bonds is 5. The van der Waals surface area contributed by atoms with Crippen molar-refractivity contribution in [2.24, 2.45) is 0 Å². The Bertz CT molecular complexity index is 211. The maximum atomic E-state index is 11.6. The Kier molecular flexibility index (Phi) is 4.54. The summed E-state index contributed by atoms with van der Waals surface area (Å²) in [4.78, 5) is 11.6. The second-order valence-corrected chi connectivity index (χ2v) is 4.55. The number of methoxy groups -OCH3 is 1. The van der Waals surface area contributed by atoms with E-state index < -0.39 is 5.60 Å². The van der Waals surface area contributed by atoms with E-state index in [0.717, 1.165) is 19.5 Å². The molecule has 1 rings (SSSR count). The minimum absolute atomic E-state index is 0.0389. The summed E-state index contributed by atoms with van der Waals surface area (Å²) in [5, 5.41) is 6.30. The minimum Gasteiger partial charge on any atom is -0.369 e. The molecule has 15 heavy (non-hydrogen) atoms. The molecule has 0 aromatic rings. The molecule has 4 nitrogen and oxygen atoms in total. The fourth-order valence-corrected chi connectivity index (χ4v) is 1.67. The minimum atomic E-state index is -0.719. The first-order valence-corrected chi connectivity index (χ1v) is 5.63. The molecule has 0 radical (unpaired) electrons. The number of hydrogen-bond acceptors (Lipinski definition) is 3. The summed E-state index contributed by atoms with van der Waals surface area (Å²) in [6.07, 6.45) is 3.48. The quantitative estimate of drug-likeness (QED) is 0.707. The fraction of sp³-hybridized carbons (Fsp3) is 0.909. The summed E-state index contributed by atoms with van der Waals surface area (Å²) < 4.78 is 5.09. The van der Waals surface area contributed by atoms with Gasteiger partial charge in [0.05, 0.1) is 0 Å². The summed E-state index contributed by atoms with van der Waals surface area (Å²) in [6.45, 7) is 5.39. The number of hydrogen-bond donors (Lipinski definition) is 2. The lowest BCUT2D eigenvalue weighted by Crippen LogP contribution is -2.44. The highest BCUT2D eigenvalue weighted by atomic mass is 16.5. The fourth-order valence-electron chi connectivity index (χ4n) is 1.67. The van der Waals surface area contributed by atoms with E-state index in [-0.39, 0.29) is 5.91 Å². The Hall–Kier alpha value is -0.610. The van der Waals surface area contributed by atoms with Crippen molar-refractivity contribution in [3.8, 4) is 0 Å². The van der Waals surface area contributed by atoms with Crippen molar-refractivity contribution in [1.82, 2.24) is 10.6 Å². The normalized spacial score (nSPS) is 21.7. The van der Waals surface area contributed by atoms with Gasteiger partial charge in [0.25, 0.3) is 5.91 Å². The third-order valence-corrected chi connectivity index (χ3v) is 3.00. The van der Waals surface area contributed by atoms with Crippen molar-refractivity contribution < 1.29 is 9.53 Å². The van der Waals surface area contributed by atoms with Gasteiger partial charge in [-0.3, -0.25) is 4.79 Å². The van der Waals surface area contributed by atoms with Crippen LogP contribution in [-0.4, -0.2) is 37.7 Å². The molecule has 1 atom stereocenters. The Balaban J connectivity index is 2.16. The van der Waals surface area contributed by atoms with Crippen molar-refractivity contribution in [3.63, 3.8) is 0 Å². The van der Waals surface area contributed by atoms with E-state index in [1.54, 1.807) is 21.0 Å². The molecular weight excluding hydrogens is 192 g/mol. The van der Waals surface area contributed by atoms with Gasteiger partial charge in [0.1, 0.15) is 5.60 Å². The third-order valence-electron chi connectivity index (χ3n) is 3.00. The highest BCUT2D eigenvalue weighted by Crippen LogP contribution is 2.09. The topological polar surface area (TPSA) is 50.4 Å². The van der Waals surface area contributed by atoms with Crippen molar-refractivity contribution in [3.05, 3.63) is 0 Å². The second kappa shape index (κ2) is 5.47. The smallest absolute Gasteiger partial charge is 0.251 e. The van der Waals surface area contributed by atoms with Gasteiger partial charge in [-0.05, 0) is 39.7 Å². The number of carbonyl (C=O) groups is 1. The van der Waals surface area contributed by atoms with Crippen molar-refractivity contribution in [2.45, 2.75) is 44.8 Å². The van der Waals surface area contributed by atoms with Crippen molar-refractivity contribution in [2.75, 3.05) is 20.2 Å². The molecule has 1 unspecified atom stereocenters. The first-order chi connectivity index (χ1) is 7.06. The average molecular weight is 214 g/mol. The molecule has 0 spiro atoms. The van der Waals surface area contributed by atoms with Gasteiger partial charge in [0.2, 0.25) is 0 Å². The molecule has 88 valence electrons. The average Bonchev–Trinajstić information content (AvgIpc) is 2.70. The number of amides is 1. The molecule has 1 heterocycles. The van der Waals surface area contributed by atoms with E-state index in [0.29, 0.717) is 6.04 Å². The monoisotopic (exact) mass is 214 g/mol. The molecule has 0 aliphatic carbocycles. The lowest BCUT2D eigenvalue weighted by molar-refractivity contribution is -0.139. The summed E-state index contributed by atoms with van der Waals surface area (Å²) >= 11 is 0. The zero-order valence-corrected chi connectivity index (χ0v) is 9.93. The molecular formula is C11H22N2O2. The van der Waals surface area contributed by atoms with Gasteiger partial charge in [-0.25, -0.2) is 0 Å². The van der Waals surface area contributed by atoms with Crippen molar-refractivity contribution >= 4 is 5.91 Å². The van der Waals surface area contributed by atoms with Crippen LogP contribution >= 0.6 is 0 Å². The van der Waals surface area contributed by atoms with Crippen LogP contribution in [0.2, 0.25) is 0 Å². The summed E-state index contributed by atoms with van der Waals surface area (Å²) in [7, 11) is 1.55. The number of nitrogens with one attached hydrogen (secondary N) is 2. The predicted molar refractivity (Wildman–Crippen MR) is 59.7 cm³/mol. The van der Waals surface area contributed by atoms with E-state index in [9.17, 15) is 4.79 Å². The lowest BCUT2D eigenvalue weighted by Gasteiger charge is -2.22. The number of ether oxygens (including phenoxy) is 1. The summed E-state index contributed by atoms with van der Waals surface area (Å²) in [6, 6.07) is 0.580. The van der Waals surface area contributed by atoms with E-state index in [1.165, 1.54) is 12.8 Å². The first kappa shape index (κ1) is 12.5. The Labute approximate surface area is 91.8 Å². The molecule has 4 heteroatoms. The Morgan fingerprint density at radius 3 is 2.87 bits per heavy atom. The summed E-state index contributed by atoms with van der Waals surface area (Å²) in [5.74, 6) is -0.0389. The Morgan fingerprint density at radius 1 is 1.60 bits per heavy atom. The van der Waals surface area contributed by atoms with E-state index in [4.69, 9.17) is 4.74 Å². The number of carbonyl (C=O) groups excluding carboxylic acids is 1. The lowest BCUT2D eigenvalue weighted by atomic mass is 10.1. The molecule has 1 saturated heterocycles. The van der Waals surface area contributed by atoms with Gasteiger partial charge in [0.15, 0.2) is 0 Å². The van der Waals surface area contributed by atoms with Gasteiger partial charge in [0, 0.05) is 19.7 Å². The maximum absolute atomic E-state index is 11.6. The van der Waals surface area contributed by atoms with Crippen LogP contribution in [0.5, 0.6) is 0 Å². The van der Waals surface area contributed by atoms with Crippen LogP contribution in [0.15, 0.2) is 0 Å². The van der Waals surface area contributed by atoms with Crippen LogP contribution in [0.4, 0.5) is 0 Å². The molecule has 2 N–H and O–H groups in total. The molecule has 1 aliphatic rings. The zero-order chi connectivity index (χ0) is 11.3. The van der Waals surface area contributed by atoms with Gasteiger partial charge < -0.3 is 15.4 Å². The SMILES string of the molecule is COC(C)(C)C(=O)NCCC1CCCN1. The molecule has 1 fully saturated rings. The maximum Gasteiger partial charge on any atom is 0.251 e. The van der Waals surface area contributed by atoms with Crippen LogP contribution in [0.1, 0.15) is 33.1 Å². The zero-order valence-electron chi connectivity index (χ0n) is 9.93. The molecule has 0 saturated carbocycles. The molecule has 0 bridgehead atoms. The first-order valence-electron chi connectivity index (χ1n) is 5.63. The van der Waals surface area contributed by atoms with Crippen LogP contribution in [-0.2, 0) is 9.53 Å². The highest BCUT2D eigenvalue weighted by Gasteiger charge is 2.26. The van der Waals surface area contributed by atoms with Gasteiger partial charge >= 0.3 is 0 Å². The van der Waals surface area contributed by atoms with Gasteiger partial charge in [-0.2, -0.15) is 0 Å². The highest BCUT2D eigenvalue weighted by molar-refractivity contribution is 5.84. The van der Waals surface area contributed by atoms with Crippen LogP contribution in [0.3, 0.4) is 0 Å². The van der Waals surface area contributed by atoms with Gasteiger partial charge in [-0.1, -0.05) is 0 Å². The third kappa shape index (κ3) is 3.80. The molecule has 1 amide bonds. The Morgan fingerprint density at radius 2 is 2.33 bits per heavy atom. The van der Waals surface area contributed by atoms with Gasteiger partial charge in [-0.15, -0.1) is 0 Å². The molecule has 0 aromatic carbocycles. The van der Waals surface area contributed by atoms with E-state index in [1.807, 2.05) is 0 Å². The predicted octanol–water partition coefficient (Wildman–Crippen LogP) is 0.670. The second-order valence-electron chi connectivity index (χ2n) is 4.55. The summed E-state index contributed by atoms with van der Waals surface area (Å²) in [5.41, 5.74) is -0.719. The standard InChI is InChI=1S/C11H22N2O2/c1-11(2,15-3)10(14)13-8-6-9-5-4-7-12-9/h9,12H,4-8H2,1-3H3,(H,13,14). The van der Waals surface area contributed by atoms with Crippen LogP contribution in [0, 0.1) is 0 Å². The largest absolute Gasteiger partial charge is 0.369 e. The van der Waals surface area contributed by atoms with Crippen LogP contribution < -0.4 is 10.6 Å². The van der Waals surface area contributed by atoms with E-state index >= 15 is 0 Å². The molecule has 1 aliphatic heterocycles. The molecule has 0 aromatic heterocycles. The van der Waals surface area contributed by atoms with E-state index in [2.05, 4.69) is 10.6 Å².